The number of nitrogens with zero attached hydrogens (tertiary/aromatic N) is 2. The molecule has 2 nitrogen and oxygen atoms in total. The van der Waals surface area contributed by atoms with Crippen LogP contribution in [0.3, 0.4) is 0 Å². The van der Waals surface area contributed by atoms with Crippen LogP contribution in [-0.2, 0) is 0 Å². The fourth-order valence-electron chi connectivity index (χ4n) is 1.37. The topological polar surface area (TPSA) is 24.7 Å². The van der Waals surface area contributed by atoms with Crippen molar-refractivity contribution in [2.75, 3.05) is 0 Å². The number of hydrogen-bond donors (Lipinski definition) is 0. The monoisotopic (exact) mass is 172 g/mol. The van der Waals surface area contributed by atoms with E-state index in [4.69, 9.17) is 0 Å². The van der Waals surface area contributed by atoms with Crippen molar-refractivity contribution in [3.8, 4) is 0 Å². The van der Waals surface area contributed by atoms with Crippen LogP contribution < -0.4 is 0 Å². The molecule has 0 saturated carbocycles. The average molecular weight is 172 g/mol. The number of benzene rings is 1. The third kappa shape index (κ3) is 1.66. The van der Waals surface area contributed by atoms with Crippen LogP contribution in [0.25, 0.3) is 0 Å². The Morgan fingerprint density at radius 2 is 1.77 bits per heavy atom. The van der Waals surface area contributed by atoms with E-state index < -0.39 is 0 Å². The van der Waals surface area contributed by atoms with Crippen molar-refractivity contribution in [3.63, 3.8) is 0 Å². The maximum atomic E-state index is 4.38. The second kappa shape index (κ2) is 3.13. The van der Waals surface area contributed by atoms with Gasteiger partial charge in [-0.25, -0.2) is 4.99 Å². The minimum Gasteiger partial charge on any atom is -0.257 e. The van der Waals surface area contributed by atoms with Crippen LogP contribution in [0.4, 0.5) is 0 Å². The summed E-state index contributed by atoms with van der Waals surface area (Å²) in [6, 6.07) is 8.56. The zero-order chi connectivity index (χ0) is 9.26. The van der Waals surface area contributed by atoms with Crippen LogP contribution in [0.1, 0.15) is 24.1 Å². The van der Waals surface area contributed by atoms with E-state index in [1.165, 1.54) is 11.1 Å². The lowest BCUT2D eigenvalue weighted by molar-refractivity contribution is 1.00. The number of rotatable bonds is 1. The molecule has 1 aliphatic heterocycles. The highest BCUT2D eigenvalue weighted by molar-refractivity contribution is 5.94. The molecule has 1 aromatic carbocycles. The Kier molecular flexibility index (Phi) is 1.97. The molecule has 0 N–H and O–H groups in total. The van der Waals surface area contributed by atoms with Gasteiger partial charge in [0.15, 0.2) is 0 Å². The molecular formula is C11H12N2. The van der Waals surface area contributed by atoms with E-state index in [1.807, 2.05) is 13.1 Å². The van der Waals surface area contributed by atoms with Gasteiger partial charge in [-0.05, 0) is 19.4 Å². The third-order valence-corrected chi connectivity index (χ3v) is 2.15. The van der Waals surface area contributed by atoms with E-state index in [0.717, 1.165) is 5.84 Å². The second-order valence-corrected chi connectivity index (χ2v) is 3.31. The van der Waals surface area contributed by atoms with Gasteiger partial charge in [0, 0.05) is 6.21 Å². The highest BCUT2D eigenvalue weighted by Crippen LogP contribution is 2.19. The van der Waals surface area contributed by atoms with Gasteiger partial charge < -0.3 is 0 Å². The zero-order valence-electron chi connectivity index (χ0n) is 7.86. The van der Waals surface area contributed by atoms with Crippen LogP contribution >= 0.6 is 0 Å². The molecule has 0 aliphatic carbocycles. The predicted molar refractivity (Wildman–Crippen MR) is 55.5 cm³/mol. The number of aliphatic imine (C=N–C) groups is 2. The third-order valence-electron chi connectivity index (χ3n) is 2.15. The molecule has 0 saturated heterocycles. The van der Waals surface area contributed by atoms with Gasteiger partial charge in [0.25, 0.3) is 0 Å². The summed E-state index contributed by atoms with van der Waals surface area (Å²) < 4.78 is 0. The molecule has 1 aliphatic rings. The van der Waals surface area contributed by atoms with Crippen LogP contribution in [0, 0.1) is 6.92 Å². The maximum absolute atomic E-state index is 4.38. The summed E-state index contributed by atoms with van der Waals surface area (Å²) in [5, 5.41) is 0. The Hall–Kier alpha value is -1.44. The van der Waals surface area contributed by atoms with Gasteiger partial charge in [-0.1, -0.05) is 29.8 Å². The first-order valence-electron chi connectivity index (χ1n) is 4.41. The van der Waals surface area contributed by atoms with Crippen LogP contribution in [0.15, 0.2) is 34.3 Å². The van der Waals surface area contributed by atoms with E-state index in [9.17, 15) is 0 Å². The minimum absolute atomic E-state index is 0.139. The Morgan fingerprint density at radius 3 is 2.31 bits per heavy atom. The summed E-state index contributed by atoms with van der Waals surface area (Å²) in [6.45, 7) is 4.01. The first kappa shape index (κ1) is 8.17. The molecule has 0 radical (unpaired) electrons. The molecule has 0 spiro atoms. The van der Waals surface area contributed by atoms with E-state index in [1.54, 1.807) is 0 Å². The van der Waals surface area contributed by atoms with Crippen molar-refractivity contribution in [1.82, 2.24) is 0 Å². The highest BCUT2D eigenvalue weighted by Gasteiger charge is 2.11. The molecule has 2 rings (SSSR count). The van der Waals surface area contributed by atoms with E-state index in [-0.39, 0.29) is 6.04 Å². The smallest absolute Gasteiger partial charge is 0.120 e. The molecule has 66 valence electrons. The maximum Gasteiger partial charge on any atom is 0.120 e. The highest BCUT2D eigenvalue weighted by atomic mass is 15.0. The van der Waals surface area contributed by atoms with Gasteiger partial charge in [0.2, 0.25) is 0 Å². The SMILES string of the molecule is CC1=NC(c2ccc(C)cc2)C=N1. The van der Waals surface area contributed by atoms with Crippen molar-refractivity contribution in [2.45, 2.75) is 19.9 Å². The standard InChI is InChI=1S/C11H12N2/c1-8-3-5-10(6-4-8)11-7-12-9(2)13-11/h3-7,11H,1-2H3. The molecule has 2 heteroatoms. The summed E-state index contributed by atoms with van der Waals surface area (Å²) in [4.78, 5) is 8.52. The number of hydrogen-bond acceptors (Lipinski definition) is 2. The van der Waals surface area contributed by atoms with E-state index >= 15 is 0 Å². The first-order valence-corrected chi connectivity index (χ1v) is 4.41. The summed E-state index contributed by atoms with van der Waals surface area (Å²) in [5.74, 6) is 0.866. The lowest BCUT2D eigenvalue weighted by Gasteiger charge is -2.03. The molecule has 1 atom stereocenters. The largest absolute Gasteiger partial charge is 0.257 e. The van der Waals surface area contributed by atoms with Gasteiger partial charge >= 0.3 is 0 Å². The lowest BCUT2D eigenvalue weighted by atomic mass is 10.1. The number of aryl methyl sites for hydroxylation is 1. The molecule has 0 bridgehead atoms. The Morgan fingerprint density at radius 1 is 1.08 bits per heavy atom. The van der Waals surface area contributed by atoms with Crippen molar-refractivity contribution in [3.05, 3.63) is 35.4 Å². The van der Waals surface area contributed by atoms with Gasteiger partial charge in [-0.2, -0.15) is 0 Å². The van der Waals surface area contributed by atoms with Crippen molar-refractivity contribution >= 4 is 12.1 Å². The van der Waals surface area contributed by atoms with Crippen molar-refractivity contribution in [1.29, 1.82) is 0 Å². The molecule has 0 fully saturated rings. The summed E-state index contributed by atoms with van der Waals surface area (Å²) in [7, 11) is 0. The van der Waals surface area contributed by atoms with Crippen molar-refractivity contribution in [2.24, 2.45) is 9.98 Å². The molecule has 0 aromatic heterocycles. The zero-order valence-corrected chi connectivity index (χ0v) is 7.86. The van der Waals surface area contributed by atoms with Gasteiger partial charge in [0.05, 0.1) is 0 Å². The second-order valence-electron chi connectivity index (χ2n) is 3.31. The Balaban J connectivity index is 2.28. The van der Waals surface area contributed by atoms with Crippen LogP contribution in [-0.4, -0.2) is 12.1 Å². The van der Waals surface area contributed by atoms with E-state index in [0.29, 0.717) is 0 Å². The summed E-state index contributed by atoms with van der Waals surface area (Å²) in [5.41, 5.74) is 2.49. The first-order chi connectivity index (χ1) is 6.25. The predicted octanol–water partition coefficient (Wildman–Crippen LogP) is 2.54. The van der Waals surface area contributed by atoms with E-state index in [2.05, 4.69) is 41.2 Å². The summed E-state index contributed by atoms with van der Waals surface area (Å²) in [6.07, 6.45) is 1.89. The average Bonchev–Trinajstić information content (AvgIpc) is 2.53. The lowest BCUT2D eigenvalue weighted by Crippen LogP contribution is -1.92. The minimum atomic E-state index is 0.139. The van der Waals surface area contributed by atoms with Crippen LogP contribution in [0.5, 0.6) is 0 Å². The Bertz CT molecular complexity index is 360. The molecule has 1 unspecified atom stereocenters. The fourth-order valence-corrected chi connectivity index (χ4v) is 1.37. The molecule has 13 heavy (non-hydrogen) atoms. The summed E-state index contributed by atoms with van der Waals surface area (Å²) >= 11 is 0. The van der Waals surface area contributed by atoms with Crippen LogP contribution in [0.2, 0.25) is 0 Å². The molecule has 0 amide bonds. The van der Waals surface area contributed by atoms with Gasteiger partial charge in [0.1, 0.15) is 11.9 Å². The number of amidine groups is 1. The molecule has 1 aromatic rings. The van der Waals surface area contributed by atoms with Gasteiger partial charge in [-0.3, -0.25) is 4.99 Å². The fraction of sp³-hybridized carbons (Fsp3) is 0.273. The van der Waals surface area contributed by atoms with Gasteiger partial charge in [-0.15, -0.1) is 0 Å². The normalized spacial score (nSPS) is 20.5. The quantitative estimate of drug-likeness (QED) is 0.622. The Labute approximate surface area is 78.0 Å². The van der Waals surface area contributed by atoms with Crippen molar-refractivity contribution < 1.29 is 0 Å². The molecular weight excluding hydrogens is 160 g/mol. The molecule has 1 heterocycles.